The van der Waals surface area contributed by atoms with Crippen molar-refractivity contribution in [2.75, 3.05) is 0 Å². The Hall–Kier alpha value is -2.42. The van der Waals surface area contributed by atoms with Crippen molar-refractivity contribution in [1.82, 2.24) is 5.32 Å². The number of nitrogens with zero attached hydrogens (tertiary/aromatic N) is 2. The molecular formula is C13H13N3O3. The highest BCUT2D eigenvalue weighted by Gasteiger charge is 2.21. The summed E-state index contributed by atoms with van der Waals surface area (Å²) < 4.78 is 0. The van der Waals surface area contributed by atoms with Crippen molar-refractivity contribution in [3.63, 3.8) is 0 Å². The Morgan fingerprint density at radius 2 is 2.11 bits per heavy atom. The van der Waals surface area contributed by atoms with Crippen molar-refractivity contribution in [2.24, 2.45) is 0 Å². The van der Waals surface area contributed by atoms with Crippen molar-refractivity contribution in [1.29, 1.82) is 5.26 Å². The second-order valence-corrected chi connectivity index (χ2v) is 4.55. The fourth-order valence-corrected chi connectivity index (χ4v) is 2.27. The molecule has 1 aromatic carbocycles. The fourth-order valence-electron chi connectivity index (χ4n) is 2.27. The predicted molar refractivity (Wildman–Crippen MR) is 67.5 cm³/mol. The largest absolute Gasteiger partial charge is 0.349 e. The number of nitro groups is 1. The van der Waals surface area contributed by atoms with Crippen LogP contribution in [-0.2, 0) is 0 Å². The number of amides is 1. The molecule has 1 aliphatic rings. The molecule has 1 N–H and O–H groups in total. The molecule has 0 aliphatic heterocycles. The molecule has 1 saturated carbocycles. The molecule has 0 heterocycles. The van der Waals surface area contributed by atoms with Gasteiger partial charge in [0.05, 0.1) is 16.1 Å². The highest BCUT2D eigenvalue weighted by Crippen LogP contribution is 2.20. The smallest absolute Gasteiger partial charge is 0.270 e. The van der Waals surface area contributed by atoms with Gasteiger partial charge in [0.2, 0.25) is 0 Å². The van der Waals surface area contributed by atoms with Gasteiger partial charge in [0.15, 0.2) is 0 Å². The number of benzene rings is 1. The van der Waals surface area contributed by atoms with E-state index in [9.17, 15) is 14.9 Å². The first-order valence-electron chi connectivity index (χ1n) is 6.11. The molecule has 6 nitrogen and oxygen atoms in total. The van der Waals surface area contributed by atoms with Crippen molar-refractivity contribution in [3.8, 4) is 6.07 Å². The number of nitro benzene ring substituents is 1. The van der Waals surface area contributed by atoms with E-state index in [0.29, 0.717) is 0 Å². The SMILES string of the molecule is N#Cc1cc([N+](=O)[O-])ccc1C(=O)NC1CCCC1. The van der Waals surface area contributed by atoms with E-state index in [0.717, 1.165) is 31.7 Å². The van der Waals surface area contributed by atoms with Gasteiger partial charge in [-0.05, 0) is 18.9 Å². The van der Waals surface area contributed by atoms with Crippen LogP contribution in [0.1, 0.15) is 41.6 Å². The third-order valence-electron chi connectivity index (χ3n) is 3.27. The van der Waals surface area contributed by atoms with Crippen LogP contribution in [0.3, 0.4) is 0 Å². The maximum absolute atomic E-state index is 12.0. The molecule has 0 unspecified atom stereocenters. The van der Waals surface area contributed by atoms with E-state index in [4.69, 9.17) is 5.26 Å². The van der Waals surface area contributed by atoms with Gasteiger partial charge in [0.1, 0.15) is 6.07 Å². The lowest BCUT2D eigenvalue weighted by molar-refractivity contribution is -0.384. The highest BCUT2D eigenvalue weighted by atomic mass is 16.6. The van der Waals surface area contributed by atoms with Gasteiger partial charge in [0, 0.05) is 18.2 Å². The second kappa shape index (κ2) is 5.48. The average Bonchev–Trinajstić information content (AvgIpc) is 2.90. The van der Waals surface area contributed by atoms with Crippen molar-refractivity contribution in [3.05, 3.63) is 39.4 Å². The van der Waals surface area contributed by atoms with E-state index in [1.165, 1.54) is 12.1 Å². The van der Waals surface area contributed by atoms with Crippen LogP contribution in [0.15, 0.2) is 18.2 Å². The summed E-state index contributed by atoms with van der Waals surface area (Å²) in [5, 5.41) is 22.5. The summed E-state index contributed by atoms with van der Waals surface area (Å²) in [6, 6.07) is 5.68. The zero-order chi connectivity index (χ0) is 13.8. The van der Waals surface area contributed by atoms with E-state index in [2.05, 4.69) is 5.32 Å². The molecule has 0 aromatic heterocycles. The molecule has 0 radical (unpaired) electrons. The van der Waals surface area contributed by atoms with Crippen molar-refractivity contribution < 1.29 is 9.72 Å². The highest BCUT2D eigenvalue weighted by molar-refractivity contribution is 5.97. The minimum Gasteiger partial charge on any atom is -0.349 e. The molecule has 19 heavy (non-hydrogen) atoms. The number of rotatable bonds is 3. The third kappa shape index (κ3) is 2.88. The van der Waals surface area contributed by atoms with Crippen LogP contribution in [0.2, 0.25) is 0 Å². The molecule has 0 bridgehead atoms. The maximum atomic E-state index is 12.0. The lowest BCUT2D eigenvalue weighted by Crippen LogP contribution is -2.33. The average molecular weight is 259 g/mol. The summed E-state index contributed by atoms with van der Waals surface area (Å²) in [6.45, 7) is 0. The van der Waals surface area contributed by atoms with Gasteiger partial charge < -0.3 is 5.32 Å². The molecule has 0 saturated heterocycles. The van der Waals surface area contributed by atoms with E-state index in [1.807, 2.05) is 6.07 Å². The number of hydrogen-bond acceptors (Lipinski definition) is 4. The summed E-state index contributed by atoms with van der Waals surface area (Å²) in [5.74, 6) is -0.335. The number of nitriles is 1. The summed E-state index contributed by atoms with van der Waals surface area (Å²) in [5.41, 5.74) is 0.0404. The maximum Gasteiger partial charge on any atom is 0.270 e. The topological polar surface area (TPSA) is 96.0 Å². The van der Waals surface area contributed by atoms with Gasteiger partial charge in [-0.15, -0.1) is 0 Å². The molecule has 0 spiro atoms. The third-order valence-corrected chi connectivity index (χ3v) is 3.27. The van der Waals surface area contributed by atoms with Crippen LogP contribution in [-0.4, -0.2) is 16.9 Å². The van der Waals surface area contributed by atoms with E-state index in [1.54, 1.807) is 0 Å². The number of carbonyl (C=O) groups excluding carboxylic acids is 1. The van der Waals surface area contributed by atoms with Crippen molar-refractivity contribution in [2.45, 2.75) is 31.7 Å². The lowest BCUT2D eigenvalue weighted by Gasteiger charge is -2.12. The zero-order valence-corrected chi connectivity index (χ0v) is 10.3. The van der Waals surface area contributed by atoms with Gasteiger partial charge >= 0.3 is 0 Å². The first-order chi connectivity index (χ1) is 9.11. The van der Waals surface area contributed by atoms with Gasteiger partial charge in [-0.3, -0.25) is 14.9 Å². The van der Waals surface area contributed by atoms with Crippen LogP contribution in [0.5, 0.6) is 0 Å². The molecule has 1 aromatic rings. The molecule has 98 valence electrons. The Labute approximate surface area is 110 Å². The number of carbonyl (C=O) groups is 1. The molecule has 2 rings (SSSR count). The summed E-state index contributed by atoms with van der Waals surface area (Å²) in [4.78, 5) is 22.1. The van der Waals surface area contributed by atoms with Crippen LogP contribution in [0.4, 0.5) is 5.69 Å². The standard InChI is InChI=1S/C13H13N3O3/c14-8-9-7-11(16(18)19)5-6-12(9)13(17)15-10-3-1-2-4-10/h5-7,10H,1-4H2,(H,15,17). The number of nitrogens with one attached hydrogen (secondary N) is 1. The van der Waals surface area contributed by atoms with Gasteiger partial charge in [-0.1, -0.05) is 12.8 Å². The van der Waals surface area contributed by atoms with Crippen LogP contribution >= 0.6 is 0 Å². The van der Waals surface area contributed by atoms with Gasteiger partial charge in [0.25, 0.3) is 11.6 Å². The van der Waals surface area contributed by atoms with E-state index < -0.39 is 4.92 Å². The van der Waals surface area contributed by atoms with Crippen LogP contribution in [0.25, 0.3) is 0 Å². The zero-order valence-electron chi connectivity index (χ0n) is 10.3. The van der Waals surface area contributed by atoms with E-state index in [-0.39, 0.29) is 28.8 Å². The lowest BCUT2D eigenvalue weighted by atomic mass is 10.1. The minimum atomic E-state index is -0.584. The quantitative estimate of drug-likeness (QED) is 0.664. The summed E-state index contributed by atoms with van der Waals surface area (Å²) >= 11 is 0. The second-order valence-electron chi connectivity index (χ2n) is 4.55. The Bertz CT molecular complexity index is 557. The first-order valence-corrected chi connectivity index (χ1v) is 6.11. The first kappa shape index (κ1) is 13.0. The normalized spacial score (nSPS) is 14.9. The molecule has 6 heteroatoms. The minimum absolute atomic E-state index is 0.0321. The Balaban J connectivity index is 2.21. The molecule has 1 aliphatic carbocycles. The molecular weight excluding hydrogens is 246 g/mol. The number of non-ortho nitro benzene ring substituents is 1. The number of hydrogen-bond donors (Lipinski definition) is 1. The monoisotopic (exact) mass is 259 g/mol. The predicted octanol–water partition coefficient (Wildman–Crippen LogP) is 2.14. The molecule has 1 fully saturated rings. The van der Waals surface area contributed by atoms with Gasteiger partial charge in [-0.2, -0.15) is 5.26 Å². The Morgan fingerprint density at radius 3 is 2.68 bits per heavy atom. The Morgan fingerprint density at radius 1 is 1.42 bits per heavy atom. The van der Waals surface area contributed by atoms with Gasteiger partial charge in [-0.25, -0.2) is 0 Å². The fraction of sp³-hybridized carbons (Fsp3) is 0.385. The summed E-state index contributed by atoms with van der Waals surface area (Å²) in [7, 11) is 0. The van der Waals surface area contributed by atoms with Crippen molar-refractivity contribution >= 4 is 11.6 Å². The summed E-state index contributed by atoms with van der Waals surface area (Å²) in [6.07, 6.45) is 4.08. The molecule has 1 amide bonds. The van der Waals surface area contributed by atoms with Crippen LogP contribution < -0.4 is 5.32 Å². The van der Waals surface area contributed by atoms with Crippen LogP contribution in [0, 0.1) is 21.4 Å². The molecule has 0 atom stereocenters. The Kier molecular flexibility index (Phi) is 3.76. The van der Waals surface area contributed by atoms with E-state index >= 15 is 0 Å².